The van der Waals surface area contributed by atoms with E-state index in [1.807, 2.05) is 30.3 Å². The smallest absolute Gasteiger partial charge is 0.264 e. The lowest BCUT2D eigenvalue weighted by Gasteiger charge is -2.25. The molecule has 0 radical (unpaired) electrons. The quantitative estimate of drug-likeness (QED) is 0.608. The molecule has 0 heterocycles. The van der Waals surface area contributed by atoms with Gasteiger partial charge in [-0.3, -0.25) is 9.59 Å². The van der Waals surface area contributed by atoms with Crippen molar-refractivity contribution in [1.29, 1.82) is 0 Å². The first-order chi connectivity index (χ1) is 14.5. The Hall–Kier alpha value is -2.34. The maximum Gasteiger partial charge on any atom is 0.264 e. The third-order valence-electron chi connectivity index (χ3n) is 5.58. The number of anilines is 1. The van der Waals surface area contributed by atoms with Crippen LogP contribution in [-0.2, 0) is 11.2 Å². The molecule has 1 aliphatic carbocycles. The number of halogens is 1. The van der Waals surface area contributed by atoms with Gasteiger partial charge in [0.2, 0.25) is 0 Å². The molecule has 0 aromatic heterocycles. The van der Waals surface area contributed by atoms with Crippen molar-refractivity contribution in [2.24, 2.45) is 0 Å². The van der Waals surface area contributed by atoms with E-state index < -0.39 is 0 Å². The van der Waals surface area contributed by atoms with Crippen LogP contribution in [0, 0.1) is 0 Å². The molecule has 2 aromatic carbocycles. The summed E-state index contributed by atoms with van der Waals surface area (Å²) in [5.74, 6) is 0.271. The van der Waals surface area contributed by atoms with Crippen LogP contribution < -0.4 is 15.0 Å². The molecule has 30 heavy (non-hydrogen) atoms. The highest BCUT2D eigenvalue weighted by atomic mass is 79.9. The molecule has 0 atom stereocenters. The van der Waals surface area contributed by atoms with Gasteiger partial charge in [-0.1, -0.05) is 44.4 Å². The number of likely N-dealkylation sites (N-methyl/N-ethyl adjacent to an activating group) is 1. The van der Waals surface area contributed by atoms with Gasteiger partial charge in [-0.05, 0) is 65.0 Å². The second kappa shape index (κ2) is 10.6. The predicted molar refractivity (Wildman–Crippen MR) is 123 cm³/mol. The van der Waals surface area contributed by atoms with Gasteiger partial charge >= 0.3 is 0 Å². The topological polar surface area (TPSA) is 58.6 Å². The highest BCUT2D eigenvalue weighted by Crippen LogP contribution is 2.27. The van der Waals surface area contributed by atoms with E-state index in [1.165, 1.54) is 16.9 Å². The number of benzene rings is 2. The first kappa shape index (κ1) is 22.3. The van der Waals surface area contributed by atoms with Crippen LogP contribution in [0.25, 0.3) is 0 Å². The van der Waals surface area contributed by atoms with Gasteiger partial charge in [0.15, 0.2) is 6.61 Å². The van der Waals surface area contributed by atoms with Crippen LogP contribution in [0.1, 0.15) is 54.9 Å². The molecule has 0 spiro atoms. The molecule has 0 bridgehead atoms. The van der Waals surface area contributed by atoms with Crippen LogP contribution in [0.4, 0.5) is 5.69 Å². The van der Waals surface area contributed by atoms with Crippen LogP contribution in [0.2, 0.25) is 0 Å². The highest BCUT2D eigenvalue weighted by Gasteiger charge is 2.22. The van der Waals surface area contributed by atoms with Crippen LogP contribution in [0.5, 0.6) is 5.75 Å². The van der Waals surface area contributed by atoms with Gasteiger partial charge in [-0.15, -0.1) is 0 Å². The molecule has 0 aliphatic heterocycles. The summed E-state index contributed by atoms with van der Waals surface area (Å²) in [6.07, 6.45) is 6.50. The Morgan fingerprint density at radius 1 is 1.13 bits per heavy atom. The Bertz CT molecular complexity index is 894. The molecule has 1 aliphatic rings. The highest BCUT2D eigenvalue weighted by molar-refractivity contribution is 9.10. The average molecular weight is 473 g/mol. The van der Waals surface area contributed by atoms with Crippen molar-refractivity contribution in [1.82, 2.24) is 5.32 Å². The fraction of sp³-hybridized carbons (Fsp3) is 0.417. The Labute approximate surface area is 186 Å². The van der Waals surface area contributed by atoms with Crippen molar-refractivity contribution in [3.05, 3.63) is 58.1 Å². The lowest BCUT2D eigenvalue weighted by molar-refractivity contribution is -0.120. The van der Waals surface area contributed by atoms with E-state index in [1.54, 1.807) is 19.2 Å². The van der Waals surface area contributed by atoms with E-state index >= 15 is 0 Å². The van der Waals surface area contributed by atoms with Crippen molar-refractivity contribution >= 4 is 33.4 Å². The standard InChI is InChI=1S/C24H29BrN2O3/c1-3-17-13-14-22(20(25)15-17)30-16-23(28)27(2)21-12-8-7-11-19(21)24(29)26-18-9-5-4-6-10-18/h7-8,11-15,18H,3-6,9-10,16H2,1-2H3,(H,26,29). The lowest BCUT2D eigenvalue weighted by Crippen LogP contribution is -2.38. The zero-order valence-corrected chi connectivity index (χ0v) is 19.2. The summed E-state index contributed by atoms with van der Waals surface area (Å²) in [7, 11) is 1.67. The van der Waals surface area contributed by atoms with Crippen molar-refractivity contribution < 1.29 is 14.3 Å². The van der Waals surface area contributed by atoms with Gasteiger partial charge in [0, 0.05) is 13.1 Å². The molecule has 1 N–H and O–H groups in total. The minimum Gasteiger partial charge on any atom is -0.483 e. The van der Waals surface area contributed by atoms with Gasteiger partial charge in [0.05, 0.1) is 15.7 Å². The van der Waals surface area contributed by atoms with Crippen molar-refractivity contribution in [3.63, 3.8) is 0 Å². The number of hydrogen-bond acceptors (Lipinski definition) is 3. The zero-order valence-electron chi connectivity index (χ0n) is 17.6. The first-order valence-corrected chi connectivity index (χ1v) is 11.4. The molecule has 5 nitrogen and oxygen atoms in total. The second-order valence-corrected chi connectivity index (χ2v) is 8.54. The fourth-order valence-corrected chi connectivity index (χ4v) is 4.26. The zero-order chi connectivity index (χ0) is 21.5. The van der Waals surface area contributed by atoms with E-state index in [0.717, 1.165) is 36.6 Å². The van der Waals surface area contributed by atoms with E-state index in [0.29, 0.717) is 17.0 Å². The normalized spacial score (nSPS) is 14.2. The summed E-state index contributed by atoms with van der Waals surface area (Å²) in [6, 6.07) is 13.3. The Morgan fingerprint density at radius 2 is 1.87 bits per heavy atom. The maximum atomic E-state index is 12.9. The Balaban J connectivity index is 1.66. The Morgan fingerprint density at radius 3 is 2.57 bits per heavy atom. The van der Waals surface area contributed by atoms with E-state index in [2.05, 4.69) is 28.2 Å². The SMILES string of the molecule is CCc1ccc(OCC(=O)N(C)c2ccccc2C(=O)NC2CCCCC2)c(Br)c1. The second-order valence-electron chi connectivity index (χ2n) is 7.69. The maximum absolute atomic E-state index is 12.9. The first-order valence-electron chi connectivity index (χ1n) is 10.6. The van der Waals surface area contributed by atoms with Crippen LogP contribution in [-0.4, -0.2) is 31.5 Å². The third kappa shape index (κ3) is 5.63. The van der Waals surface area contributed by atoms with Crippen molar-refractivity contribution in [2.75, 3.05) is 18.6 Å². The number of carbonyl (C=O) groups is 2. The van der Waals surface area contributed by atoms with E-state index in [9.17, 15) is 9.59 Å². The van der Waals surface area contributed by atoms with Crippen LogP contribution >= 0.6 is 15.9 Å². The van der Waals surface area contributed by atoms with E-state index in [-0.39, 0.29) is 24.5 Å². The van der Waals surface area contributed by atoms with Gasteiger partial charge in [-0.25, -0.2) is 0 Å². The van der Waals surface area contributed by atoms with Crippen molar-refractivity contribution in [3.8, 4) is 5.75 Å². The third-order valence-corrected chi connectivity index (χ3v) is 6.20. The number of carbonyl (C=O) groups excluding carboxylic acids is 2. The van der Waals surface area contributed by atoms with Gasteiger partial charge in [0.25, 0.3) is 11.8 Å². The number of rotatable bonds is 7. The molecule has 6 heteroatoms. The summed E-state index contributed by atoms with van der Waals surface area (Å²) in [5, 5.41) is 3.13. The fourth-order valence-electron chi connectivity index (χ4n) is 3.72. The Kier molecular flexibility index (Phi) is 7.91. The monoisotopic (exact) mass is 472 g/mol. The molecular formula is C24H29BrN2O3. The largest absolute Gasteiger partial charge is 0.483 e. The summed E-state index contributed by atoms with van der Waals surface area (Å²) in [5.41, 5.74) is 2.28. The molecule has 160 valence electrons. The van der Waals surface area contributed by atoms with Crippen LogP contribution in [0.15, 0.2) is 46.9 Å². The molecule has 0 saturated heterocycles. The lowest BCUT2D eigenvalue weighted by atomic mass is 9.95. The molecule has 0 unspecified atom stereocenters. The van der Waals surface area contributed by atoms with Crippen molar-refractivity contribution in [2.45, 2.75) is 51.5 Å². The summed E-state index contributed by atoms with van der Waals surface area (Å²) >= 11 is 3.49. The number of amides is 2. The average Bonchev–Trinajstić information content (AvgIpc) is 2.78. The number of para-hydroxylation sites is 1. The molecule has 3 rings (SSSR count). The molecular weight excluding hydrogens is 444 g/mol. The summed E-state index contributed by atoms with van der Waals surface area (Å²) in [4.78, 5) is 27.1. The molecule has 1 fully saturated rings. The number of ether oxygens (including phenoxy) is 1. The van der Waals surface area contributed by atoms with Gasteiger partial charge in [-0.2, -0.15) is 0 Å². The predicted octanol–water partition coefficient (Wildman–Crippen LogP) is 5.12. The van der Waals surface area contributed by atoms with Gasteiger partial charge in [0.1, 0.15) is 5.75 Å². The number of nitrogens with one attached hydrogen (secondary N) is 1. The van der Waals surface area contributed by atoms with Crippen LogP contribution in [0.3, 0.4) is 0 Å². The number of nitrogens with zero attached hydrogens (tertiary/aromatic N) is 1. The van der Waals surface area contributed by atoms with E-state index in [4.69, 9.17) is 4.74 Å². The molecule has 2 aromatic rings. The summed E-state index contributed by atoms with van der Waals surface area (Å²) < 4.78 is 6.55. The minimum absolute atomic E-state index is 0.112. The number of aryl methyl sites for hydroxylation is 1. The number of hydrogen-bond donors (Lipinski definition) is 1. The molecule has 1 saturated carbocycles. The van der Waals surface area contributed by atoms with Gasteiger partial charge < -0.3 is 15.0 Å². The minimum atomic E-state index is -0.223. The summed E-state index contributed by atoms with van der Waals surface area (Å²) in [6.45, 7) is 1.97. The molecule has 2 amide bonds.